The van der Waals surface area contributed by atoms with Crippen LogP contribution in [0.1, 0.15) is 25.0 Å². The maximum Gasteiger partial charge on any atom is 0.413 e. The number of carbonyl (C=O) groups is 3. The van der Waals surface area contributed by atoms with Crippen molar-refractivity contribution in [2.45, 2.75) is 26.3 Å². The van der Waals surface area contributed by atoms with Gasteiger partial charge < -0.3 is 35.0 Å². The van der Waals surface area contributed by atoms with Crippen LogP contribution in [0, 0.1) is 21.4 Å². The minimum Gasteiger partial charge on any atom is -0.504 e. The summed E-state index contributed by atoms with van der Waals surface area (Å²) in [5.41, 5.74) is -0.989. The second-order valence-corrected chi connectivity index (χ2v) is 7.93. The molecule has 2 aromatic rings. The van der Waals surface area contributed by atoms with Crippen LogP contribution in [0.4, 0.5) is 10.5 Å². The number of nitrogens with zero attached hydrogens (tertiary/aromatic N) is 3. The number of nitriles is 1. The minimum absolute atomic E-state index is 0.0940. The summed E-state index contributed by atoms with van der Waals surface area (Å²) in [6.45, 7) is 4.03. The fourth-order valence-electron chi connectivity index (χ4n) is 3.44. The summed E-state index contributed by atoms with van der Waals surface area (Å²) in [5, 5.41) is 52.6. The highest BCUT2D eigenvalue weighted by molar-refractivity contribution is 6.01. The van der Waals surface area contributed by atoms with Crippen molar-refractivity contribution in [1.29, 1.82) is 5.26 Å². The highest BCUT2D eigenvalue weighted by atomic mass is 16.6. The molecule has 0 aromatic heterocycles. The fraction of sp³-hybridized carbons (Fsp3) is 0.280. The van der Waals surface area contributed by atoms with Crippen LogP contribution in [0.25, 0.3) is 6.08 Å². The normalized spacial score (nSPS) is 11.6. The number of esters is 1. The van der Waals surface area contributed by atoms with E-state index in [-0.39, 0.29) is 17.6 Å². The van der Waals surface area contributed by atoms with Gasteiger partial charge in [-0.05, 0) is 49.2 Å². The lowest BCUT2D eigenvalue weighted by Gasteiger charge is -2.18. The predicted molar refractivity (Wildman–Crippen MR) is 135 cm³/mol. The third-order valence-electron chi connectivity index (χ3n) is 5.45. The van der Waals surface area contributed by atoms with Crippen molar-refractivity contribution in [3.8, 4) is 29.1 Å². The number of methoxy groups -OCH3 is 1. The van der Waals surface area contributed by atoms with Gasteiger partial charge in [0.1, 0.15) is 17.7 Å². The van der Waals surface area contributed by atoms with E-state index in [1.807, 2.05) is 0 Å². The standard InChI is InChI=1S/C25H26N4O10/c1-4-28(5-2)23(33)16(13-26)8-15-10-18(29(36)37)22(32)21(12-15)39-25(35)27-17(24(34)38-3)9-14-6-7-19(30)20(31)11-14/h6-8,10-12,17,30-32H,4-5,9H2,1-3H3,(H,27,35)/b16-8-/t17-/m0/s1. The number of nitro groups is 1. The van der Waals surface area contributed by atoms with E-state index in [0.717, 1.165) is 31.4 Å². The number of aromatic hydroxyl groups is 3. The highest BCUT2D eigenvalue weighted by Crippen LogP contribution is 2.38. The quantitative estimate of drug-likeness (QED) is 0.0854. The number of carbonyl (C=O) groups excluding carboxylic acids is 3. The zero-order valence-corrected chi connectivity index (χ0v) is 21.2. The molecule has 4 N–H and O–H groups in total. The number of phenols is 3. The van der Waals surface area contributed by atoms with E-state index in [1.165, 1.54) is 17.0 Å². The second-order valence-electron chi connectivity index (χ2n) is 7.93. The first-order valence-corrected chi connectivity index (χ1v) is 11.4. The van der Waals surface area contributed by atoms with E-state index < -0.39 is 57.6 Å². The smallest absolute Gasteiger partial charge is 0.413 e. The number of rotatable bonds is 10. The first-order valence-electron chi connectivity index (χ1n) is 11.4. The molecule has 0 aliphatic heterocycles. The summed E-state index contributed by atoms with van der Waals surface area (Å²) < 4.78 is 9.70. The molecule has 206 valence electrons. The van der Waals surface area contributed by atoms with Crippen LogP contribution >= 0.6 is 0 Å². The molecule has 14 heteroatoms. The number of benzene rings is 2. The lowest BCUT2D eigenvalue weighted by atomic mass is 10.1. The van der Waals surface area contributed by atoms with Gasteiger partial charge in [-0.15, -0.1) is 0 Å². The topological polar surface area (TPSA) is 213 Å². The van der Waals surface area contributed by atoms with Crippen LogP contribution in [0.2, 0.25) is 0 Å². The number of nitrogens with one attached hydrogen (secondary N) is 1. The Labute approximate surface area is 222 Å². The van der Waals surface area contributed by atoms with Crippen LogP contribution < -0.4 is 10.1 Å². The summed E-state index contributed by atoms with van der Waals surface area (Å²) in [5.74, 6) is -4.09. The van der Waals surface area contributed by atoms with Gasteiger partial charge in [0.25, 0.3) is 5.91 Å². The summed E-state index contributed by atoms with van der Waals surface area (Å²) in [6.07, 6.45) is -0.463. The average molecular weight is 543 g/mol. The molecule has 2 aromatic carbocycles. The Balaban J connectivity index is 2.39. The predicted octanol–water partition coefficient (Wildman–Crippen LogP) is 2.36. The summed E-state index contributed by atoms with van der Waals surface area (Å²) in [4.78, 5) is 49.3. The average Bonchev–Trinajstić information content (AvgIpc) is 2.90. The largest absolute Gasteiger partial charge is 0.504 e. The van der Waals surface area contributed by atoms with E-state index in [1.54, 1.807) is 19.9 Å². The zero-order chi connectivity index (χ0) is 29.3. The maximum atomic E-state index is 12.6. The zero-order valence-electron chi connectivity index (χ0n) is 21.2. The van der Waals surface area contributed by atoms with Gasteiger partial charge in [0.2, 0.25) is 5.75 Å². The molecule has 0 fully saturated rings. The number of hydrogen-bond acceptors (Lipinski definition) is 11. The van der Waals surface area contributed by atoms with Crippen molar-refractivity contribution in [3.05, 3.63) is 57.1 Å². The Bertz CT molecular complexity index is 1350. The molecular formula is C25H26N4O10. The van der Waals surface area contributed by atoms with E-state index in [0.29, 0.717) is 18.7 Å². The van der Waals surface area contributed by atoms with E-state index in [2.05, 4.69) is 10.1 Å². The van der Waals surface area contributed by atoms with Gasteiger partial charge in [0.15, 0.2) is 17.2 Å². The van der Waals surface area contributed by atoms with Crippen LogP contribution in [0.15, 0.2) is 35.9 Å². The van der Waals surface area contributed by atoms with Gasteiger partial charge in [-0.2, -0.15) is 5.26 Å². The number of ether oxygens (including phenoxy) is 2. The van der Waals surface area contributed by atoms with Gasteiger partial charge in [-0.1, -0.05) is 6.07 Å². The summed E-state index contributed by atoms with van der Waals surface area (Å²) in [7, 11) is 1.06. The first kappa shape index (κ1) is 29.9. The number of phenolic OH excluding ortho intramolecular Hbond substituents is 3. The summed E-state index contributed by atoms with van der Waals surface area (Å²) >= 11 is 0. The van der Waals surface area contributed by atoms with E-state index in [9.17, 15) is 45.1 Å². The Morgan fingerprint density at radius 2 is 1.82 bits per heavy atom. The van der Waals surface area contributed by atoms with Crippen LogP contribution in [-0.4, -0.2) is 69.4 Å². The lowest BCUT2D eigenvalue weighted by Crippen LogP contribution is -2.44. The van der Waals surface area contributed by atoms with Crippen LogP contribution in [0.5, 0.6) is 23.0 Å². The molecule has 1 atom stereocenters. The van der Waals surface area contributed by atoms with Crippen molar-refractivity contribution in [2.24, 2.45) is 0 Å². The van der Waals surface area contributed by atoms with Crippen molar-refractivity contribution in [1.82, 2.24) is 10.2 Å². The van der Waals surface area contributed by atoms with Gasteiger partial charge in [0.05, 0.1) is 12.0 Å². The summed E-state index contributed by atoms with van der Waals surface area (Å²) in [6, 6.07) is 5.98. The molecule has 0 aliphatic carbocycles. The van der Waals surface area contributed by atoms with Gasteiger partial charge in [0, 0.05) is 25.6 Å². The number of hydrogen-bond donors (Lipinski definition) is 4. The van der Waals surface area contributed by atoms with Crippen molar-refractivity contribution in [2.75, 3.05) is 20.2 Å². The van der Waals surface area contributed by atoms with Gasteiger partial charge >= 0.3 is 17.7 Å². The molecule has 2 amide bonds. The SMILES string of the molecule is CCN(CC)C(=O)/C(C#N)=C\c1cc(OC(=O)N[C@@H](Cc2ccc(O)c(O)c2)C(=O)OC)c(O)c([N+](=O)[O-])c1. The second kappa shape index (κ2) is 13.3. The third-order valence-corrected chi connectivity index (χ3v) is 5.45. The molecule has 0 bridgehead atoms. The molecule has 0 spiro atoms. The van der Waals surface area contributed by atoms with Crippen molar-refractivity contribution < 1.29 is 44.1 Å². The van der Waals surface area contributed by atoms with Crippen molar-refractivity contribution >= 4 is 29.7 Å². The first-order chi connectivity index (χ1) is 18.4. The molecule has 14 nitrogen and oxygen atoms in total. The van der Waals surface area contributed by atoms with Crippen LogP contribution in [-0.2, 0) is 20.7 Å². The minimum atomic E-state index is -1.36. The van der Waals surface area contributed by atoms with Crippen molar-refractivity contribution in [3.63, 3.8) is 0 Å². The third kappa shape index (κ3) is 7.59. The lowest BCUT2D eigenvalue weighted by molar-refractivity contribution is -0.385. The number of likely N-dealkylation sites (N-methyl/N-ethyl adjacent to an activating group) is 1. The molecule has 0 saturated carbocycles. The van der Waals surface area contributed by atoms with E-state index >= 15 is 0 Å². The highest BCUT2D eigenvalue weighted by Gasteiger charge is 2.27. The number of amides is 2. The molecular weight excluding hydrogens is 516 g/mol. The number of nitro benzene ring substituents is 1. The maximum absolute atomic E-state index is 12.6. The molecule has 39 heavy (non-hydrogen) atoms. The molecule has 0 radical (unpaired) electrons. The Kier molecular flexibility index (Phi) is 10.2. The molecule has 2 rings (SSSR count). The van der Waals surface area contributed by atoms with E-state index in [4.69, 9.17) is 4.74 Å². The monoisotopic (exact) mass is 542 g/mol. The van der Waals surface area contributed by atoms with Gasteiger partial charge in [-0.25, -0.2) is 9.59 Å². The van der Waals surface area contributed by atoms with Gasteiger partial charge in [-0.3, -0.25) is 14.9 Å². The molecule has 0 heterocycles. The van der Waals surface area contributed by atoms with Crippen LogP contribution in [0.3, 0.4) is 0 Å². The fourth-order valence-corrected chi connectivity index (χ4v) is 3.44. The Hall–Kier alpha value is -5.32. The molecule has 0 aliphatic rings. The Morgan fingerprint density at radius 3 is 2.36 bits per heavy atom. The Morgan fingerprint density at radius 1 is 1.15 bits per heavy atom. The molecule has 0 saturated heterocycles. The molecule has 0 unspecified atom stereocenters.